The maximum absolute atomic E-state index is 13.3. The Morgan fingerprint density at radius 3 is 2.33 bits per heavy atom. The number of carbonyl (C=O) groups is 2. The largest absolute Gasteiger partial charge is 0.493 e. The van der Waals surface area contributed by atoms with Crippen molar-refractivity contribution in [3.8, 4) is 11.5 Å². The molecule has 0 bridgehead atoms. The fourth-order valence-electron chi connectivity index (χ4n) is 4.67. The van der Waals surface area contributed by atoms with Crippen molar-refractivity contribution >= 4 is 38.5 Å². The van der Waals surface area contributed by atoms with Crippen LogP contribution in [0.3, 0.4) is 0 Å². The molecule has 1 amide bonds. The van der Waals surface area contributed by atoms with Gasteiger partial charge in [-0.3, -0.25) is 10.2 Å². The Hall–Kier alpha value is -4.16. The zero-order valence-corrected chi connectivity index (χ0v) is 22.3. The molecule has 0 aliphatic carbocycles. The fourth-order valence-corrected chi connectivity index (χ4v) is 5.93. The summed E-state index contributed by atoms with van der Waals surface area (Å²) in [6, 6.07) is 12.2. The monoisotopic (exact) mass is 554 g/mol. The third kappa shape index (κ3) is 5.96. The van der Waals surface area contributed by atoms with Gasteiger partial charge in [0.2, 0.25) is 15.9 Å². The summed E-state index contributed by atoms with van der Waals surface area (Å²) in [7, 11) is -1.12. The second kappa shape index (κ2) is 11.3. The highest BCUT2D eigenvalue weighted by molar-refractivity contribution is 7.89. The Balaban J connectivity index is 1.54. The molecule has 1 fully saturated rings. The number of fused-ring (bicyclic) bond motifs is 1. The Morgan fingerprint density at radius 1 is 1.10 bits per heavy atom. The molecule has 206 valence electrons. The topological polar surface area (TPSA) is 172 Å². The van der Waals surface area contributed by atoms with Gasteiger partial charge in [-0.2, -0.15) is 4.72 Å². The Bertz CT molecular complexity index is 1520. The van der Waals surface area contributed by atoms with E-state index in [1.165, 1.54) is 31.3 Å². The molecule has 1 heterocycles. The molecule has 3 aromatic rings. The predicted molar refractivity (Wildman–Crippen MR) is 145 cm³/mol. The molecule has 39 heavy (non-hydrogen) atoms. The van der Waals surface area contributed by atoms with Crippen LogP contribution in [0.5, 0.6) is 11.5 Å². The summed E-state index contributed by atoms with van der Waals surface area (Å²) in [5.74, 6) is -0.940. The number of methoxy groups -OCH3 is 2. The predicted octanol–water partition coefficient (Wildman–Crippen LogP) is 2.11. The van der Waals surface area contributed by atoms with Crippen LogP contribution in [0.15, 0.2) is 59.5 Å². The van der Waals surface area contributed by atoms with Crippen molar-refractivity contribution < 1.29 is 32.6 Å². The lowest BCUT2D eigenvalue weighted by atomic mass is 9.98. The Kier molecular flexibility index (Phi) is 8.07. The van der Waals surface area contributed by atoms with Gasteiger partial charge in [0.15, 0.2) is 11.5 Å². The first kappa shape index (κ1) is 27.9. The van der Waals surface area contributed by atoms with Crippen molar-refractivity contribution in [2.45, 2.75) is 36.2 Å². The van der Waals surface area contributed by atoms with E-state index in [1.807, 2.05) is 0 Å². The van der Waals surface area contributed by atoms with Crippen LogP contribution in [-0.2, 0) is 26.0 Å². The van der Waals surface area contributed by atoms with Crippen LogP contribution in [0.25, 0.3) is 10.8 Å². The number of benzene rings is 3. The third-order valence-electron chi connectivity index (χ3n) is 6.75. The molecule has 0 saturated carbocycles. The molecule has 1 aliphatic rings. The number of nitrogens with zero attached hydrogens (tertiary/aromatic N) is 1. The number of hydrogen-bond donors (Lipinski definition) is 4. The van der Waals surface area contributed by atoms with E-state index in [2.05, 4.69) is 4.72 Å². The Morgan fingerprint density at radius 2 is 1.74 bits per heavy atom. The normalized spacial score (nSPS) is 16.6. The molecule has 12 heteroatoms. The third-order valence-corrected chi connectivity index (χ3v) is 8.22. The number of nitrogens with two attached hydrogens (primary N) is 1. The molecule has 0 spiro atoms. The molecule has 3 aromatic carbocycles. The Labute approximate surface area is 226 Å². The number of hydrogen-bond acceptors (Lipinski definition) is 7. The molecule has 5 N–H and O–H groups in total. The number of carbonyl (C=O) groups excluding carboxylic acids is 1. The van der Waals surface area contributed by atoms with Crippen molar-refractivity contribution in [1.82, 2.24) is 9.62 Å². The molecule has 0 aromatic heterocycles. The molecule has 2 unspecified atom stereocenters. The first-order chi connectivity index (χ1) is 18.5. The van der Waals surface area contributed by atoms with Gasteiger partial charge in [-0.05, 0) is 53.4 Å². The smallest absolute Gasteiger partial charge is 0.326 e. The van der Waals surface area contributed by atoms with Crippen LogP contribution in [0, 0.1) is 5.41 Å². The van der Waals surface area contributed by atoms with E-state index in [1.54, 1.807) is 42.5 Å². The number of aliphatic carboxylic acids is 1. The average molecular weight is 555 g/mol. The number of piperidine rings is 1. The quantitative estimate of drug-likeness (QED) is 0.218. The summed E-state index contributed by atoms with van der Waals surface area (Å²) < 4.78 is 39.6. The summed E-state index contributed by atoms with van der Waals surface area (Å²) in [6.07, 6.45) is 0.697. The van der Waals surface area contributed by atoms with Crippen LogP contribution in [-0.4, -0.2) is 69.0 Å². The number of nitrogen functional groups attached to an aromatic ring is 1. The maximum Gasteiger partial charge on any atom is 0.326 e. The fraction of sp³-hybridized carbons (Fsp3) is 0.296. The van der Waals surface area contributed by atoms with Gasteiger partial charge in [0.1, 0.15) is 17.9 Å². The minimum absolute atomic E-state index is 0.0225. The van der Waals surface area contributed by atoms with Crippen molar-refractivity contribution in [2.24, 2.45) is 5.73 Å². The number of likely N-dealkylation sites (tertiary alicyclic amines) is 1. The first-order valence-corrected chi connectivity index (χ1v) is 13.7. The highest BCUT2D eigenvalue weighted by Crippen LogP contribution is 2.33. The second-order valence-electron chi connectivity index (χ2n) is 9.23. The number of amides is 1. The lowest BCUT2D eigenvalue weighted by Crippen LogP contribution is -2.57. The highest BCUT2D eigenvalue weighted by atomic mass is 32.2. The van der Waals surface area contributed by atoms with Crippen molar-refractivity contribution in [3.05, 3.63) is 65.7 Å². The van der Waals surface area contributed by atoms with Crippen molar-refractivity contribution in [2.75, 3.05) is 20.8 Å². The number of sulfonamides is 1. The van der Waals surface area contributed by atoms with Gasteiger partial charge in [-0.15, -0.1) is 0 Å². The first-order valence-electron chi connectivity index (χ1n) is 12.2. The maximum atomic E-state index is 13.3. The van der Waals surface area contributed by atoms with Crippen LogP contribution < -0.4 is 19.9 Å². The van der Waals surface area contributed by atoms with Gasteiger partial charge in [0.25, 0.3) is 0 Å². The summed E-state index contributed by atoms with van der Waals surface area (Å²) in [6.45, 7) is 0.192. The highest BCUT2D eigenvalue weighted by Gasteiger charge is 2.38. The summed E-state index contributed by atoms with van der Waals surface area (Å²) >= 11 is 0. The number of carboxylic acids is 1. The standard InChI is InChI=1S/C27H30N4O7S/c1-37-23-14-18-9-10-20(13-19(18)15-24(23)38-2)39(35,36)30-21-4-3-11-31(26(21)32)22(27(33)34)12-16-5-7-17(8-6-16)25(28)29/h5-10,13-15,21-22,30H,3-4,11-12H2,1-2H3,(H3,28,29)(H,33,34). The number of rotatable bonds is 10. The number of ether oxygens (including phenoxy) is 2. The van der Waals surface area contributed by atoms with Crippen LogP contribution in [0.2, 0.25) is 0 Å². The molecule has 1 saturated heterocycles. The van der Waals surface area contributed by atoms with Crippen molar-refractivity contribution in [3.63, 3.8) is 0 Å². The summed E-state index contributed by atoms with van der Waals surface area (Å²) in [5.41, 5.74) is 6.62. The van der Waals surface area contributed by atoms with E-state index in [4.69, 9.17) is 20.6 Å². The van der Waals surface area contributed by atoms with Crippen LogP contribution in [0.4, 0.5) is 0 Å². The van der Waals surface area contributed by atoms with Crippen LogP contribution >= 0.6 is 0 Å². The number of nitrogens with one attached hydrogen (secondary N) is 2. The zero-order chi connectivity index (χ0) is 28.3. The summed E-state index contributed by atoms with van der Waals surface area (Å²) in [5, 5.41) is 18.8. The van der Waals surface area contributed by atoms with E-state index in [-0.39, 0.29) is 30.1 Å². The average Bonchev–Trinajstić information content (AvgIpc) is 2.92. The van der Waals surface area contributed by atoms with Gasteiger partial charge in [0.05, 0.1) is 19.1 Å². The molecular formula is C27H30N4O7S. The molecule has 0 radical (unpaired) electrons. The zero-order valence-electron chi connectivity index (χ0n) is 21.5. The SMILES string of the molecule is COc1cc2ccc(S(=O)(=O)NC3CCCN(C(Cc4ccc(C(=N)N)cc4)C(=O)O)C3=O)cc2cc1OC. The van der Waals surface area contributed by atoms with E-state index in [0.717, 1.165) is 5.39 Å². The minimum atomic E-state index is -4.11. The molecule has 1 aliphatic heterocycles. The summed E-state index contributed by atoms with van der Waals surface area (Å²) in [4.78, 5) is 26.7. The van der Waals surface area contributed by atoms with Gasteiger partial charge in [-0.1, -0.05) is 30.3 Å². The minimum Gasteiger partial charge on any atom is -0.493 e. The molecule has 4 rings (SSSR count). The molecular weight excluding hydrogens is 524 g/mol. The number of amidine groups is 1. The lowest BCUT2D eigenvalue weighted by molar-refractivity contribution is -0.152. The van der Waals surface area contributed by atoms with Crippen molar-refractivity contribution in [1.29, 1.82) is 5.41 Å². The van der Waals surface area contributed by atoms with E-state index in [0.29, 0.717) is 34.4 Å². The van der Waals surface area contributed by atoms with Gasteiger partial charge in [0, 0.05) is 18.5 Å². The van der Waals surface area contributed by atoms with E-state index < -0.39 is 34.0 Å². The molecule has 2 atom stereocenters. The number of carboxylic acid groups (broad SMARTS) is 1. The van der Waals surface area contributed by atoms with Crippen LogP contribution in [0.1, 0.15) is 24.0 Å². The van der Waals surface area contributed by atoms with E-state index in [9.17, 15) is 23.1 Å². The van der Waals surface area contributed by atoms with Gasteiger partial charge >= 0.3 is 5.97 Å². The van der Waals surface area contributed by atoms with Gasteiger partial charge in [-0.25, -0.2) is 13.2 Å². The van der Waals surface area contributed by atoms with Gasteiger partial charge < -0.3 is 25.2 Å². The van der Waals surface area contributed by atoms with E-state index >= 15 is 0 Å². The molecule has 11 nitrogen and oxygen atoms in total. The lowest BCUT2D eigenvalue weighted by Gasteiger charge is -2.36. The second-order valence-corrected chi connectivity index (χ2v) is 10.9.